The van der Waals surface area contributed by atoms with Crippen LogP contribution >= 0.6 is 0 Å². The van der Waals surface area contributed by atoms with E-state index in [1.54, 1.807) is 12.3 Å². The Morgan fingerprint density at radius 1 is 1.68 bits per heavy atom. The summed E-state index contributed by atoms with van der Waals surface area (Å²) in [4.78, 5) is 17.6. The molecule has 0 spiro atoms. The maximum atomic E-state index is 11.4. The number of rotatable bonds is 4. The molecule has 2 heterocycles. The maximum absolute atomic E-state index is 11.4. The number of nitrogens with two attached hydrogens (primary N) is 1. The first-order valence-electron chi connectivity index (χ1n) is 6.35. The fraction of sp³-hybridized carbons (Fsp3) is 0.538. The molecule has 1 amide bonds. The van der Waals surface area contributed by atoms with Crippen molar-refractivity contribution in [2.75, 3.05) is 31.7 Å². The molecule has 1 fully saturated rings. The summed E-state index contributed by atoms with van der Waals surface area (Å²) >= 11 is 0. The minimum absolute atomic E-state index is 0.183. The van der Waals surface area contributed by atoms with Gasteiger partial charge in [0.15, 0.2) is 0 Å². The Hall–Kier alpha value is -1.82. The van der Waals surface area contributed by atoms with E-state index in [4.69, 9.17) is 10.5 Å². The smallest absolute Gasteiger partial charge is 0.254 e. The van der Waals surface area contributed by atoms with Gasteiger partial charge in [0, 0.05) is 19.7 Å². The number of carbonyl (C=O) groups is 1. The van der Waals surface area contributed by atoms with E-state index in [0.717, 1.165) is 31.6 Å². The van der Waals surface area contributed by atoms with E-state index in [1.165, 1.54) is 7.11 Å². The number of hydrogen-bond acceptors (Lipinski definition) is 5. The number of hydrogen-bond donors (Lipinski definition) is 2. The number of primary amides is 1. The van der Waals surface area contributed by atoms with Crippen LogP contribution in [0, 0.1) is 5.92 Å². The molecule has 0 aromatic carbocycles. The molecule has 3 N–H and O–H groups in total. The molecule has 19 heavy (non-hydrogen) atoms. The van der Waals surface area contributed by atoms with Gasteiger partial charge in [0.05, 0.1) is 19.0 Å². The number of ether oxygens (including phenoxy) is 1. The molecule has 0 bridgehead atoms. The molecule has 6 nitrogen and oxygen atoms in total. The molecule has 0 radical (unpaired) electrons. The number of pyridine rings is 1. The fourth-order valence-electron chi connectivity index (χ4n) is 2.40. The van der Waals surface area contributed by atoms with Crippen LogP contribution in [0.25, 0.3) is 0 Å². The van der Waals surface area contributed by atoms with E-state index in [9.17, 15) is 9.90 Å². The van der Waals surface area contributed by atoms with Crippen molar-refractivity contribution < 1.29 is 14.6 Å². The van der Waals surface area contributed by atoms with Gasteiger partial charge in [-0.15, -0.1) is 0 Å². The Morgan fingerprint density at radius 3 is 3.11 bits per heavy atom. The molecule has 2 rings (SSSR count). The normalized spacial score (nSPS) is 19.3. The minimum atomic E-state index is -0.554. The quantitative estimate of drug-likeness (QED) is 0.822. The zero-order valence-corrected chi connectivity index (χ0v) is 11.0. The molecule has 104 valence electrons. The van der Waals surface area contributed by atoms with Crippen LogP contribution in [-0.2, 0) is 0 Å². The Balaban J connectivity index is 2.25. The van der Waals surface area contributed by atoms with E-state index in [1.807, 2.05) is 0 Å². The number of nitrogens with zero attached hydrogens (tertiary/aromatic N) is 2. The molecule has 1 unspecified atom stereocenters. The van der Waals surface area contributed by atoms with Crippen LogP contribution in [0.5, 0.6) is 5.88 Å². The molecule has 6 heteroatoms. The number of amides is 1. The molecule has 1 aliphatic heterocycles. The van der Waals surface area contributed by atoms with E-state index in [0.29, 0.717) is 0 Å². The zero-order valence-electron chi connectivity index (χ0n) is 11.0. The van der Waals surface area contributed by atoms with Gasteiger partial charge in [-0.3, -0.25) is 4.79 Å². The number of piperidine rings is 1. The van der Waals surface area contributed by atoms with Gasteiger partial charge < -0.3 is 20.5 Å². The lowest BCUT2D eigenvalue weighted by atomic mass is 9.98. The average Bonchev–Trinajstić information content (AvgIpc) is 2.46. The number of carbonyl (C=O) groups excluding carboxylic acids is 1. The highest BCUT2D eigenvalue weighted by Gasteiger charge is 2.21. The lowest BCUT2D eigenvalue weighted by Gasteiger charge is -2.33. The van der Waals surface area contributed by atoms with E-state index in [-0.39, 0.29) is 24.0 Å². The summed E-state index contributed by atoms with van der Waals surface area (Å²) in [5.74, 6) is -0.0400. The summed E-state index contributed by atoms with van der Waals surface area (Å²) < 4.78 is 5.02. The fourth-order valence-corrected chi connectivity index (χ4v) is 2.40. The van der Waals surface area contributed by atoms with Gasteiger partial charge in [-0.2, -0.15) is 0 Å². The number of anilines is 1. The van der Waals surface area contributed by atoms with E-state index in [2.05, 4.69) is 9.88 Å². The molecule has 1 aliphatic rings. The molecule has 1 aromatic heterocycles. The van der Waals surface area contributed by atoms with Gasteiger partial charge in [-0.1, -0.05) is 0 Å². The second-order valence-electron chi connectivity index (χ2n) is 4.75. The monoisotopic (exact) mass is 265 g/mol. The zero-order chi connectivity index (χ0) is 13.8. The van der Waals surface area contributed by atoms with Crippen LogP contribution in [0.15, 0.2) is 12.3 Å². The first-order valence-corrected chi connectivity index (χ1v) is 6.35. The van der Waals surface area contributed by atoms with Gasteiger partial charge in [-0.25, -0.2) is 4.98 Å². The molecular formula is C13H19N3O3. The van der Waals surface area contributed by atoms with Crippen LogP contribution in [-0.4, -0.2) is 42.8 Å². The van der Waals surface area contributed by atoms with Crippen molar-refractivity contribution in [1.82, 2.24) is 4.98 Å². The number of aromatic nitrogens is 1. The molecule has 0 aliphatic carbocycles. The molecule has 1 saturated heterocycles. The van der Waals surface area contributed by atoms with Gasteiger partial charge in [0.1, 0.15) is 5.56 Å². The Labute approximate surface area is 112 Å². The van der Waals surface area contributed by atoms with Gasteiger partial charge in [0.2, 0.25) is 5.88 Å². The van der Waals surface area contributed by atoms with Gasteiger partial charge >= 0.3 is 0 Å². The van der Waals surface area contributed by atoms with Crippen LogP contribution in [0.2, 0.25) is 0 Å². The first kappa shape index (κ1) is 13.6. The van der Waals surface area contributed by atoms with E-state index >= 15 is 0 Å². The first-order chi connectivity index (χ1) is 9.15. The second-order valence-corrected chi connectivity index (χ2v) is 4.75. The lowest BCUT2D eigenvalue weighted by molar-refractivity contribution is 0.0996. The highest BCUT2D eigenvalue weighted by atomic mass is 16.5. The van der Waals surface area contributed by atoms with Crippen molar-refractivity contribution in [2.45, 2.75) is 12.8 Å². The number of aliphatic hydroxyl groups excluding tert-OH is 1. The summed E-state index contributed by atoms with van der Waals surface area (Å²) in [5, 5.41) is 9.24. The highest BCUT2D eigenvalue weighted by Crippen LogP contribution is 2.26. The second kappa shape index (κ2) is 5.88. The lowest BCUT2D eigenvalue weighted by Crippen LogP contribution is -2.37. The standard InChI is InChI=1S/C13H19N3O3/c1-19-13-11(12(14)18)5-10(6-15-13)16-4-2-3-9(7-16)8-17/h5-6,9,17H,2-4,7-8H2,1H3,(H2,14,18). The number of aliphatic hydroxyl groups is 1. The van der Waals surface area contributed by atoms with Crippen LogP contribution in [0.4, 0.5) is 5.69 Å². The van der Waals surface area contributed by atoms with Crippen molar-refractivity contribution >= 4 is 11.6 Å². The van der Waals surface area contributed by atoms with Crippen molar-refractivity contribution in [1.29, 1.82) is 0 Å². The minimum Gasteiger partial charge on any atom is -0.480 e. The topological polar surface area (TPSA) is 88.7 Å². The van der Waals surface area contributed by atoms with Crippen LogP contribution in [0.3, 0.4) is 0 Å². The van der Waals surface area contributed by atoms with Crippen LogP contribution < -0.4 is 15.4 Å². The maximum Gasteiger partial charge on any atom is 0.254 e. The Kier molecular flexibility index (Phi) is 4.21. The third kappa shape index (κ3) is 2.96. The molecule has 1 atom stereocenters. The van der Waals surface area contributed by atoms with Crippen molar-refractivity contribution in [3.63, 3.8) is 0 Å². The molecule has 0 saturated carbocycles. The van der Waals surface area contributed by atoms with E-state index < -0.39 is 5.91 Å². The van der Waals surface area contributed by atoms with Crippen molar-refractivity contribution in [2.24, 2.45) is 11.7 Å². The Bertz CT molecular complexity index is 464. The third-order valence-electron chi connectivity index (χ3n) is 3.44. The third-order valence-corrected chi connectivity index (χ3v) is 3.44. The largest absolute Gasteiger partial charge is 0.480 e. The van der Waals surface area contributed by atoms with Gasteiger partial charge in [-0.05, 0) is 24.8 Å². The predicted molar refractivity (Wildman–Crippen MR) is 71.3 cm³/mol. The molecular weight excluding hydrogens is 246 g/mol. The number of methoxy groups -OCH3 is 1. The van der Waals surface area contributed by atoms with Crippen molar-refractivity contribution in [3.05, 3.63) is 17.8 Å². The summed E-state index contributed by atoms with van der Waals surface area (Å²) in [5.41, 5.74) is 6.45. The average molecular weight is 265 g/mol. The summed E-state index contributed by atoms with van der Waals surface area (Å²) in [6.07, 6.45) is 3.72. The summed E-state index contributed by atoms with van der Waals surface area (Å²) in [6.45, 7) is 1.84. The summed E-state index contributed by atoms with van der Waals surface area (Å²) in [7, 11) is 1.46. The Morgan fingerprint density at radius 2 is 2.47 bits per heavy atom. The SMILES string of the molecule is COc1ncc(N2CCCC(CO)C2)cc1C(N)=O. The molecule has 1 aromatic rings. The van der Waals surface area contributed by atoms with Gasteiger partial charge in [0.25, 0.3) is 5.91 Å². The predicted octanol–water partition coefficient (Wildman–Crippen LogP) is 0.398. The highest BCUT2D eigenvalue weighted by molar-refractivity contribution is 5.96. The van der Waals surface area contributed by atoms with Crippen molar-refractivity contribution in [3.8, 4) is 5.88 Å². The summed E-state index contributed by atoms with van der Waals surface area (Å²) in [6, 6.07) is 1.70. The van der Waals surface area contributed by atoms with Crippen LogP contribution in [0.1, 0.15) is 23.2 Å².